The number of rotatable bonds is 3. The topological polar surface area (TPSA) is 59.1 Å². The van der Waals surface area contributed by atoms with E-state index in [2.05, 4.69) is 15.9 Å². The Balaban J connectivity index is 2.28. The van der Waals surface area contributed by atoms with Crippen LogP contribution in [0.1, 0.15) is 5.56 Å². The van der Waals surface area contributed by atoms with Gasteiger partial charge in [0.1, 0.15) is 17.3 Å². The van der Waals surface area contributed by atoms with Crippen LogP contribution in [0.4, 0.5) is 8.78 Å². The van der Waals surface area contributed by atoms with Gasteiger partial charge in [0.25, 0.3) is 0 Å². The molecule has 2 aromatic carbocycles. The molecule has 0 amide bonds. The first kappa shape index (κ1) is 13.5. The standard InChI is InChI=1S/C13H9BrF2N2O/c14-9-5-7(13(17)18)1-4-12(9)19-8-2-3-10(15)11(16)6-8/h1-6H,(H3,17,18). The van der Waals surface area contributed by atoms with Gasteiger partial charge < -0.3 is 10.5 Å². The van der Waals surface area contributed by atoms with Crippen molar-refractivity contribution in [1.29, 1.82) is 5.41 Å². The maximum Gasteiger partial charge on any atom is 0.162 e. The van der Waals surface area contributed by atoms with Crippen LogP contribution in [0.15, 0.2) is 40.9 Å². The number of hydrogen-bond acceptors (Lipinski definition) is 2. The molecule has 0 spiro atoms. The Morgan fingerprint density at radius 3 is 2.42 bits per heavy atom. The Bertz CT molecular complexity index is 647. The predicted octanol–water partition coefficient (Wildman–Crippen LogP) is 3.80. The molecule has 0 unspecified atom stereocenters. The third-order valence-corrected chi connectivity index (χ3v) is 2.98. The van der Waals surface area contributed by atoms with Gasteiger partial charge in [0, 0.05) is 11.6 Å². The number of nitrogens with two attached hydrogens (primary N) is 1. The lowest BCUT2D eigenvalue weighted by Gasteiger charge is -2.09. The van der Waals surface area contributed by atoms with Gasteiger partial charge in [-0.15, -0.1) is 0 Å². The molecule has 3 nitrogen and oxygen atoms in total. The highest BCUT2D eigenvalue weighted by molar-refractivity contribution is 9.10. The molecule has 0 radical (unpaired) electrons. The average Bonchev–Trinajstić information content (AvgIpc) is 2.36. The molecule has 2 aromatic rings. The molecule has 3 N–H and O–H groups in total. The van der Waals surface area contributed by atoms with E-state index in [-0.39, 0.29) is 11.6 Å². The Morgan fingerprint density at radius 1 is 1.11 bits per heavy atom. The number of ether oxygens (including phenoxy) is 1. The molecular formula is C13H9BrF2N2O. The van der Waals surface area contributed by atoms with E-state index < -0.39 is 11.6 Å². The molecule has 0 fully saturated rings. The normalized spacial score (nSPS) is 10.3. The lowest BCUT2D eigenvalue weighted by atomic mass is 10.2. The Hall–Kier alpha value is -1.95. The van der Waals surface area contributed by atoms with Crippen molar-refractivity contribution in [2.45, 2.75) is 0 Å². The molecule has 0 saturated heterocycles. The molecule has 19 heavy (non-hydrogen) atoms. The van der Waals surface area contributed by atoms with Crippen molar-refractivity contribution in [2.24, 2.45) is 5.73 Å². The van der Waals surface area contributed by atoms with Crippen molar-refractivity contribution in [3.63, 3.8) is 0 Å². The summed E-state index contributed by atoms with van der Waals surface area (Å²) in [6, 6.07) is 8.06. The number of halogens is 3. The van der Waals surface area contributed by atoms with Gasteiger partial charge in [-0.1, -0.05) is 0 Å². The molecule has 0 heterocycles. The minimum absolute atomic E-state index is 0.0694. The predicted molar refractivity (Wildman–Crippen MR) is 71.6 cm³/mol. The van der Waals surface area contributed by atoms with E-state index >= 15 is 0 Å². The largest absolute Gasteiger partial charge is 0.456 e. The zero-order valence-electron chi connectivity index (χ0n) is 9.58. The van der Waals surface area contributed by atoms with Crippen LogP contribution in [0.5, 0.6) is 11.5 Å². The molecule has 0 atom stereocenters. The summed E-state index contributed by atoms with van der Waals surface area (Å²) in [5.41, 5.74) is 5.88. The van der Waals surface area contributed by atoms with Gasteiger partial charge >= 0.3 is 0 Å². The van der Waals surface area contributed by atoms with Crippen molar-refractivity contribution in [1.82, 2.24) is 0 Å². The Morgan fingerprint density at radius 2 is 1.84 bits per heavy atom. The minimum Gasteiger partial charge on any atom is -0.456 e. The molecule has 0 aliphatic rings. The third-order valence-electron chi connectivity index (χ3n) is 2.36. The molecule has 0 saturated carbocycles. The second-order valence-electron chi connectivity index (χ2n) is 3.74. The van der Waals surface area contributed by atoms with Gasteiger partial charge in [0.05, 0.1) is 4.47 Å². The van der Waals surface area contributed by atoms with Gasteiger partial charge in [0.2, 0.25) is 0 Å². The van der Waals surface area contributed by atoms with Gasteiger partial charge in [0.15, 0.2) is 11.6 Å². The summed E-state index contributed by atoms with van der Waals surface area (Å²) in [7, 11) is 0. The van der Waals surface area contributed by atoms with Crippen molar-refractivity contribution in [3.8, 4) is 11.5 Å². The molecule has 2 rings (SSSR count). The van der Waals surface area contributed by atoms with E-state index in [1.165, 1.54) is 6.07 Å². The fraction of sp³-hybridized carbons (Fsp3) is 0. The average molecular weight is 327 g/mol. The zero-order valence-corrected chi connectivity index (χ0v) is 11.2. The zero-order chi connectivity index (χ0) is 14.0. The van der Waals surface area contributed by atoms with Crippen LogP contribution < -0.4 is 10.5 Å². The Kier molecular flexibility index (Phi) is 3.80. The van der Waals surface area contributed by atoms with E-state index in [0.29, 0.717) is 15.8 Å². The SMILES string of the molecule is N=C(N)c1ccc(Oc2ccc(F)c(F)c2)c(Br)c1. The van der Waals surface area contributed by atoms with Crippen LogP contribution >= 0.6 is 15.9 Å². The first-order valence-corrected chi connectivity index (χ1v) is 6.03. The van der Waals surface area contributed by atoms with Crippen molar-refractivity contribution >= 4 is 21.8 Å². The summed E-state index contributed by atoms with van der Waals surface area (Å²) in [6.07, 6.45) is 0. The third kappa shape index (κ3) is 3.08. The van der Waals surface area contributed by atoms with Crippen LogP contribution in [0.3, 0.4) is 0 Å². The molecule has 6 heteroatoms. The maximum atomic E-state index is 13.0. The molecular weight excluding hydrogens is 318 g/mol. The molecule has 0 bridgehead atoms. The summed E-state index contributed by atoms with van der Waals surface area (Å²) in [6.45, 7) is 0. The lowest BCUT2D eigenvalue weighted by molar-refractivity contribution is 0.459. The monoisotopic (exact) mass is 326 g/mol. The first-order chi connectivity index (χ1) is 8.97. The van der Waals surface area contributed by atoms with E-state index in [1.54, 1.807) is 18.2 Å². The highest BCUT2D eigenvalue weighted by Gasteiger charge is 2.08. The summed E-state index contributed by atoms with van der Waals surface area (Å²) in [5.74, 6) is -1.39. The van der Waals surface area contributed by atoms with Crippen molar-refractivity contribution in [2.75, 3.05) is 0 Å². The van der Waals surface area contributed by atoms with Gasteiger partial charge in [-0.25, -0.2) is 8.78 Å². The van der Waals surface area contributed by atoms with Crippen molar-refractivity contribution < 1.29 is 13.5 Å². The summed E-state index contributed by atoms with van der Waals surface area (Å²) in [4.78, 5) is 0. The van der Waals surface area contributed by atoms with E-state index in [9.17, 15) is 8.78 Å². The molecule has 0 aliphatic heterocycles. The second-order valence-corrected chi connectivity index (χ2v) is 4.59. The van der Waals surface area contributed by atoms with Gasteiger partial charge in [-0.2, -0.15) is 0 Å². The summed E-state index contributed by atoms with van der Waals surface area (Å²) in [5, 5.41) is 7.30. The highest BCUT2D eigenvalue weighted by Crippen LogP contribution is 2.31. The fourth-order valence-electron chi connectivity index (χ4n) is 1.42. The number of nitrogen functional groups attached to an aromatic ring is 1. The summed E-state index contributed by atoms with van der Waals surface area (Å²) < 4.78 is 31.8. The number of hydrogen-bond donors (Lipinski definition) is 2. The summed E-state index contributed by atoms with van der Waals surface area (Å²) >= 11 is 3.26. The molecule has 0 aromatic heterocycles. The van der Waals surface area contributed by atoms with Crippen LogP contribution in [0.2, 0.25) is 0 Å². The minimum atomic E-state index is -0.978. The van der Waals surface area contributed by atoms with E-state index in [0.717, 1.165) is 12.1 Å². The number of benzene rings is 2. The Labute approximate surface area is 116 Å². The van der Waals surface area contributed by atoms with Gasteiger partial charge in [-0.05, 0) is 46.3 Å². The maximum absolute atomic E-state index is 13.0. The van der Waals surface area contributed by atoms with Crippen LogP contribution in [-0.2, 0) is 0 Å². The van der Waals surface area contributed by atoms with Crippen LogP contribution in [0, 0.1) is 17.0 Å². The molecule has 98 valence electrons. The number of amidine groups is 1. The van der Waals surface area contributed by atoms with Crippen molar-refractivity contribution in [3.05, 3.63) is 58.1 Å². The first-order valence-electron chi connectivity index (χ1n) is 5.24. The smallest absolute Gasteiger partial charge is 0.162 e. The number of nitrogens with one attached hydrogen (secondary N) is 1. The lowest BCUT2D eigenvalue weighted by Crippen LogP contribution is -2.10. The molecule has 0 aliphatic carbocycles. The van der Waals surface area contributed by atoms with Crippen LogP contribution in [0.25, 0.3) is 0 Å². The van der Waals surface area contributed by atoms with E-state index in [1.807, 2.05) is 0 Å². The van der Waals surface area contributed by atoms with Gasteiger partial charge in [-0.3, -0.25) is 5.41 Å². The fourth-order valence-corrected chi connectivity index (χ4v) is 1.88. The quantitative estimate of drug-likeness (QED) is 0.665. The van der Waals surface area contributed by atoms with Crippen LogP contribution in [-0.4, -0.2) is 5.84 Å². The highest BCUT2D eigenvalue weighted by atomic mass is 79.9. The second kappa shape index (κ2) is 5.36. The van der Waals surface area contributed by atoms with E-state index in [4.69, 9.17) is 15.9 Å².